The molecule has 2 amide bonds. The molecular weight excluding hydrogens is 362 g/mol. The van der Waals surface area contributed by atoms with E-state index in [0.29, 0.717) is 25.4 Å². The molecule has 1 aliphatic heterocycles. The molecule has 0 aromatic heterocycles. The van der Waals surface area contributed by atoms with E-state index < -0.39 is 0 Å². The molecule has 4 rings (SSSR count). The van der Waals surface area contributed by atoms with Gasteiger partial charge >= 0.3 is 0 Å². The van der Waals surface area contributed by atoms with Crippen LogP contribution in [0.3, 0.4) is 0 Å². The van der Waals surface area contributed by atoms with Crippen molar-refractivity contribution in [1.82, 2.24) is 10.2 Å². The molecule has 1 spiro atoms. The number of nitrogens with one attached hydrogen (secondary N) is 1. The zero-order chi connectivity index (χ0) is 18.1. The Labute approximate surface area is 167 Å². The van der Waals surface area contributed by atoms with Crippen LogP contribution >= 0.6 is 12.4 Å². The number of rotatable bonds is 5. The predicted molar refractivity (Wildman–Crippen MR) is 108 cm³/mol. The van der Waals surface area contributed by atoms with Crippen molar-refractivity contribution in [3.8, 4) is 0 Å². The number of carbonyl (C=O) groups is 2. The molecule has 6 heteroatoms. The minimum absolute atomic E-state index is 0. The SMILES string of the molecule is Cl.NCCC(=O)NCC1CCCCN1C(=O)C1CC12CCc1ccccc12. The number of hydrogen-bond donors (Lipinski definition) is 2. The molecule has 148 valence electrons. The zero-order valence-electron chi connectivity index (χ0n) is 15.8. The van der Waals surface area contributed by atoms with Crippen molar-refractivity contribution in [2.24, 2.45) is 11.7 Å². The number of likely N-dealkylation sites (tertiary alicyclic amines) is 1. The fourth-order valence-electron chi connectivity index (χ4n) is 5.07. The summed E-state index contributed by atoms with van der Waals surface area (Å²) in [5, 5.41) is 2.96. The highest BCUT2D eigenvalue weighted by Gasteiger charge is 2.62. The van der Waals surface area contributed by atoms with E-state index in [0.717, 1.165) is 45.1 Å². The number of aryl methyl sites for hydroxylation is 1. The average molecular weight is 392 g/mol. The minimum Gasteiger partial charge on any atom is -0.354 e. The molecule has 3 N–H and O–H groups in total. The second-order valence-corrected chi connectivity index (χ2v) is 8.09. The number of hydrogen-bond acceptors (Lipinski definition) is 3. The monoisotopic (exact) mass is 391 g/mol. The van der Waals surface area contributed by atoms with Crippen LogP contribution in [0.5, 0.6) is 0 Å². The Morgan fingerprint density at radius 2 is 2.07 bits per heavy atom. The van der Waals surface area contributed by atoms with E-state index in [-0.39, 0.29) is 35.7 Å². The van der Waals surface area contributed by atoms with Crippen molar-refractivity contribution < 1.29 is 9.59 Å². The van der Waals surface area contributed by atoms with E-state index in [9.17, 15) is 9.59 Å². The lowest BCUT2D eigenvalue weighted by atomic mass is 9.94. The molecule has 27 heavy (non-hydrogen) atoms. The maximum atomic E-state index is 13.3. The third-order valence-electron chi connectivity index (χ3n) is 6.58. The Hall–Kier alpha value is -1.59. The number of nitrogens with zero attached hydrogens (tertiary/aromatic N) is 1. The molecule has 0 radical (unpaired) electrons. The lowest BCUT2D eigenvalue weighted by molar-refractivity contribution is -0.137. The normalized spacial score (nSPS) is 28.4. The number of amides is 2. The molecule has 3 unspecified atom stereocenters. The predicted octanol–water partition coefficient (Wildman–Crippen LogP) is 2.16. The van der Waals surface area contributed by atoms with Gasteiger partial charge in [0, 0.05) is 43.4 Å². The van der Waals surface area contributed by atoms with Gasteiger partial charge in [-0.2, -0.15) is 0 Å². The highest BCUT2D eigenvalue weighted by atomic mass is 35.5. The first-order chi connectivity index (χ1) is 12.7. The minimum atomic E-state index is -0.0157. The number of carbonyl (C=O) groups excluding carboxylic acids is 2. The molecule has 3 aliphatic rings. The van der Waals surface area contributed by atoms with Gasteiger partial charge in [0.25, 0.3) is 0 Å². The molecule has 2 fully saturated rings. The summed E-state index contributed by atoms with van der Waals surface area (Å²) in [4.78, 5) is 27.1. The Morgan fingerprint density at radius 3 is 2.89 bits per heavy atom. The highest BCUT2D eigenvalue weighted by molar-refractivity contribution is 5.86. The van der Waals surface area contributed by atoms with Crippen LogP contribution in [0.1, 0.15) is 49.7 Å². The summed E-state index contributed by atoms with van der Waals surface area (Å²) < 4.78 is 0. The van der Waals surface area contributed by atoms with Gasteiger partial charge in [-0.3, -0.25) is 9.59 Å². The quantitative estimate of drug-likeness (QED) is 0.807. The second-order valence-electron chi connectivity index (χ2n) is 8.09. The Balaban J connectivity index is 0.00000210. The second kappa shape index (κ2) is 8.19. The molecule has 2 aliphatic carbocycles. The van der Waals surface area contributed by atoms with E-state index in [4.69, 9.17) is 5.73 Å². The number of benzene rings is 1. The van der Waals surface area contributed by atoms with Gasteiger partial charge in [-0.05, 0) is 49.7 Å². The Kier molecular flexibility index (Phi) is 6.11. The lowest BCUT2D eigenvalue weighted by Crippen LogP contribution is -2.50. The van der Waals surface area contributed by atoms with Crippen LogP contribution in [0.25, 0.3) is 0 Å². The molecule has 3 atom stereocenters. The van der Waals surface area contributed by atoms with Gasteiger partial charge in [-0.25, -0.2) is 0 Å². The van der Waals surface area contributed by atoms with Crippen LogP contribution in [-0.2, 0) is 21.4 Å². The zero-order valence-corrected chi connectivity index (χ0v) is 16.6. The summed E-state index contributed by atoms with van der Waals surface area (Å²) in [5.74, 6) is 0.420. The molecule has 1 heterocycles. The lowest BCUT2D eigenvalue weighted by Gasteiger charge is -2.36. The van der Waals surface area contributed by atoms with E-state index in [1.54, 1.807) is 0 Å². The molecule has 0 bridgehead atoms. The van der Waals surface area contributed by atoms with E-state index >= 15 is 0 Å². The summed E-state index contributed by atoms with van der Waals surface area (Å²) in [5.41, 5.74) is 8.37. The van der Waals surface area contributed by atoms with Crippen molar-refractivity contribution in [2.45, 2.75) is 56.4 Å². The molecule has 1 aromatic rings. The molecule has 1 saturated heterocycles. The number of halogens is 1. The number of nitrogens with two attached hydrogens (primary N) is 1. The summed E-state index contributed by atoms with van der Waals surface area (Å²) in [6.45, 7) is 1.74. The standard InChI is InChI=1S/C21H29N3O2.ClH/c22-11-9-19(25)23-14-16-6-3-4-12-24(16)20(26)18-13-21(18)10-8-15-5-1-2-7-17(15)21;/h1-2,5,7,16,18H,3-4,6,8-14,22H2,(H,23,25);1H. The van der Waals surface area contributed by atoms with Crippen molar-refractivity contribution in [3.05, 3.63) is 35.4 Å². The first kappa shape index (κ1) is 20.2. The van der Waals surface area contributed by atoms with E-state index in [1.165, 1.54) is 11.1 Å². The van der Waals surface area contributed by atoms with Crippen LogP contribution in [0.2, 0.25) is 0 Å². The summed E-state index contributed by atoms with van der Waals surface area (Å²) in [6, 6.07) is 8.76. The van der Waals surface area contributed by atoms with E-state index in [2.05, 4.69) is 34.5 Å². The van der Waals surface area contributed by atoms with Crippen molar-refractivity contribution >= 4 is 24.2 Å². The molecule has 1 saturated carbocycles. The topological polar surface area (TPSA) is 75.4 Å². The summed E-state index contributed by atoms with van der Waals surface area (Å²) in [7, 11) is 0. The first-order valence-electron chi connectivity index (χ1n) is 10.0. The number of piperidine rings is 1. The van der Waals surface area contributed by atoms with Crippen LogP contribution < -0.4 is 11.1 Å². The summed E-state index contributed by atoms with van der Waals surface area (Å²) in [6.07, 6.45) is 6.71. The van der Waals surface area contributed by atoms with Gasteiger partial charge in [-0.1, -0.05) is 24.3 Å². The highest BCUT2D eigenvalue weighted by Crippen LogP contribution is 2.62. The van der Waals surface area contributed by atoms with Crippen LogP contribution in [0, 0.1) is 5.92 Å². The van der Waals surface area contributed by atoms with Gasteiger partial charge in [-0.15, -0.1) is 12.4 Å². The maximum absolute atomic E-state index is 13.3. The van der Waals surface area contributed by atoms with Crippen LogP contribution in [-0.4, -0.2) is 42.4 Å². The fourth-order valence-corrected chi connectivity index (χ4v) is 5.07. The van der Waals surface area contributed by atoms with Gasteiger partial charge < -0.3 is 16.0 Å². The molecule has 1 aromatic carbocycles. The smallest absolute Gasteiger partial charge is 0.226 e. The van der Waals surface area contributed by atoms with Crippen LogP contribution in [0.15, 0.2) is 24.3 Å². The van der Waals surface area contributed by atoms with Crippen LogP contribution in [0.4, 0.5) is 0 Å². The van der Waals surface area contributed by atoms with E-state index in [1.807, 2.05) is 0 Å². The van der Waals surface area contributed by atoms with Crippen molar-refractivity contribution in [3.63, 3.8) is 0 Å². The molecular formula is C21H30ClN3O2. The Bertz CT molecular complexity index is 710. The van der Waals surface area contributed by atoms with Gasteiger partial charge in [0.05, 0.1) is 0 Å². The first-order valence-corrected chi connectivity index (χ1v) is 10.0. The Morgan fingerprint density at radius 1 is 1.26 bits per heavy atom. The van der Waals surface area contributed by atoms with Gasteiger partial charge in [0.15, 0.2) is 0 Å². The van der Waals surface area contributed by atoms with Gasteiger partial charge in [0.2, 0.25) is 11.8 Å². The molecule has 5 nitrogen and oxygen atoms in total. The largest absolute Gasteiger partial charge is 0.354 e. The maximum Gasteiger partial charge on any atom is 0.226 e. The number of fused-ring (bicyclic) bond motifs is 2. The van der Waals surface area contributed by atoms with Gasteiger partial charge in [0.1, 0.15) is 0 Å². The third kappa shape index (κ3) is 3.72. The summed E-state index contributed by atoms with van der Waals surface area (Å²) >= 11 is 0. The average Bonchev–Trinajstić information content (AvgIpc) is 3.29. The van der Waals surface area contributed by atoms with Crippen molar-refractivity contribution in [1.29, 1.82) is 0 Å². The third-order valence-corrected chi connectivity index (χ3v) is 6.58. The fraction of sp³-hybridized carbons (Fsp3) is 0.619. The van der Waals surface area contributed by atoms with Crippen molar-refractivity contribution in [2.75, 3.05) is 19.6 Å².